The van der Waals surface area contributed by atoms with Crippen LogP contribution < -0.4 is 0 Å². The fourth-order valence-corrected chi connectivity index (χ4v) is 4.93. The summed E-state index contributed by atoms with van der Waals surface area (Å²) in [5.74, 6) is 0. The molecule has 0 bridgehead atoms. The summed E-state index contributed by atoms with van der Waals surface area (Å²) in [7, 11) is -7.47. The van der Waals surface area contributed by atoms with Crippen LogP contribution in [0, 0.1) is 11.3 Å². The van der Waals surface area contributed by atoms with Crippen molar-refractivity contribution in [2.24, 2.45) is 4.36 Å². The lowest BCUT2D eigenvalue weighted by molar-refractivity contribution is -0.137. The van der Waals surface area contributed by atoms with E-state index in [1.807, 2.05) is 0 Å². The molecule has 26 heavy (non-hydrogen) atoms. The first-order valence-electron chi connectivity index (χ1n) is 6.60. The minimum Gasteiger partial charge on any atom is -0.245 e. The predicted molar refractivity (Wildman–Crippen MR) is 89.2 cm³/mol. The Kier molecular flexibility index (Phi) is 5.55. The Balaban J connectivity index is 2.46. The number of halogens is 3. The molecule has 0 aliphatic carbocycles. The van der Waals surface area contributed by atoms with Crippen LogP contribution in [0.4, 0.5) is 13.2 Å². The van der Waals surface area contributed by atoms with Gasteiger partial charge in [0.05, 0.1) is 26.4 Å². The predicted octanol–water partition coefficient (Wildman–Crippen LogP) is 3.46. The van der Waals surface area contributed by atoms with Crippen molar-refractivity contribution < 1.29 is 25.8 Å². The average molecular weight is 421 g/mol. The molecule has 0 aliphatic heterocycles. The van der Waals surface area contributed by atoms with Gasteiger partial charge in [-0.2, -0.15) is 29.8 Å². The van der Waals surface area contributed by atoms with Crippen LogP contribution in [0.5, 0.6) is 0 Å². The summed E-state index contributed by atoms with van der Waals surface area (Å²) in [5, 5.41) is 11.6. The molecule has 12 heteroatoms. The summed E-state index contributed by atoms with van der Waals surface area (Å²) in [6, 6.07) is 4.13. The van der Waals surface area contributed by atoms with E-state index < -0.39 is 41.2 Å². The maximum absolute atomic E-state index is 12.5. The highest BCUT2D eigenvalue weighted by Gasteiger charge is 2.32. The van der Waals surface area contributed by atoms with Gasteiger partial charge in [0.15, 0.2) is 9.93 Å². The van der Waals surface area contributed by atoms with Crippen molar-refractivity contribution in [3.8, 4) is 6.07 Å². The van der Waals surface area contributed by atoms with E-state index in [0.717, 1.165) is 0 Å². The smallest absolute Gasteiger partial charge is 0.245 e. The Labute approximate surface area is 151 Å². The third kappa shape index (κ3) is 4.29. The number of sulfone groups is 1. The van der Waals surface area contributed by atoms with Crippen molar-refractivity contribution in [2.75, 3.05) is 6.26 Å². The molecule has 2 aromatic heterocycles. The minimum absolute atomic E-state index is 0.355. The number of thiophene rings is 1. The second kappa shape index (κ2) is 7.18. The second-order valence-electron chi connectivity index (χ2n) is 4.86. The van der Waals surface area contributed by atoms with Gasteiger partial charge in [-0.05, 0) is 23.6 Å². The van der Waals surface area contributed by atoms with Gasteiger partial charge in [-0.15, -0.1) is 0 Å². The lowest BCUT2D eigenvalue weighted by Gasteiger charge is -2.07. The van der Waals surface area contributed by atoms with Gasteiger partial charge in [0, 0.05) is 17.8 Å². The van der Waals surface area contributed by atoms with E-state index in [-0.39, 0.29) is 0 Å². The van der Waals surface area contributed by atoms with E-state index in [1.165, 1.54) is 23.7 Å². The zero-order chi connectivity index (χ0) is 19.6. The van der Waals surface area contributed by atoms with Crippen LogP contribution in [0.3, 0.4) is 0 Å². The Hall–Kier alpha value is -2.23. The summed E-state index contributed by atoms with van der Waals surface area (Å²) in [6.45, 7) is 0. The number of allylic oxidation sites excluding steroid dienone is 1. The molecule has 0 aliphatic rings. The molecule has 0 radical (unpaired) electrons. The van der Waals surface area contributed by atoms with Gasteiger partial charge < -0.3 is 0 Å². The van der Waals surface area contributed by atoms with Gasteiger partial charge in [0.2, 0.25) is 9.84 Å². The van der Waals surface area contributed by atoms with Crippen LogP contribution in [-0.4, -0.2) is 23.9 Å². The van der Waals surface area contributed by atoms with Gasteiger partial charge in [-0.1, -0.05) is 0 Å². The highest BCUT2D eigenvalue weighted by Crippen LogP contribution is 2.29. The topological polar surface area (TPSA) is 100 Å². The third-order valence-electron chi connectivity index (χ3n) is 3.04. The first kappa shape index (κ1) is 20.1. The molecule has 0 N–H and O–H groups in total. The highest BCUT2D eigenvalue weighted by molar-refractivity contribution is 7.95. The average Bonchev–Trinajstić information content (AvgIpc) is 3.10. The van der Waals surface area contributed by atoms with Gasteiger partial charge >= 0.3 is 6.18 Å². The van der Waals surface area contributed by atoms with E-state index in [9.17, 15) is 25.8 Å². The van der Waals surface area contributed by atoms with Crippen LogP contribution in [0.15, 0.2) is 60.5 Å². The van der Waals surface area contributed by atoms with Crippen molar-refractivity contribution >= 4 is 30.9 Å². The molecule has 0 saturated heterocycles. The Morgan fingerprint density at radius 3 is 2.46 bits per heavy atom. The van der Waals surface area contributed by atoms with Crippen LogP contribution in [0.1, 0.15) is 5.56 Å². The number of alkyl halides is 3. The third-order valence-corrected chi connectivity index (χ3v) is 7.08. The van der Waals surface area contributed by atoms with Gasteiger partial charge in [0.1, 0.15) is 6.07 Å². The number of nitrogens with zero attached hydrogens (tertiary/aromatic N) is 3. The lowest BCUT2D eigenvalue weighted by atomic mass is 10.3. The molecule has 2 rings (SSSR count). The molecule has 1 unspecified atom stereocenters. The molecule has 0 fully saturated rings. The van der Waals surface area contributed by atoms with Crippen LogP contribution >= 0.6 is 11.3 Å². The van der Waals surface area contributed by atoms with Crippen LogP contribution in [-0.2, 0) is 25.7 Å². The summed E-state index contributed by atoms with van der Waals surface area (Å²) < 4.78 is 78.4. The van der Waals surface area contributed by atoms with Crippen LogP contribution in [0.25, 0.3) is 0 Å². The molecule has 0 aromatic carbocycles. The summed E-state index contributed by atoms with van der Waals surface area (Å²) in [4.78, 5) is 2.75. The van der Waals surface area contributed by atoms with Gasteiger partial charge in [-0.3, -0.25) is 0 Å². The van der Waals surface area contributed by atoms with Crippen molar-refractivity contribution in [1.29, 1.82) is 5.26 Å². The van der Waals surface area contributed by atoms with Crippen molar-refractivity contribution in [1.82, 2.24) is 4.98 Å². The first-order chi connectivity index (χ1) is 12.0. The zero-order valence-electron chi connectivity index (χ0n) is 13.0. The molecule has 6 nitrogen and oxygen atoms in total. The molecular formula is C14H10F3N3O3S3. The normalized spacial score (nSPS) is 15.1. The van der Waals surface area contributed by atoms with Gasteiger partial charge in [0.25, 0.3) is 0 Å². The SMILES string of the molecule is CS(=O)(=N/C=C(\C#N)S(=O)(=O)c1ccc(C(F)(F)F)cn1)c1ccsc1. The Morgan fingerprint density at radius 1 is 1.31 bits per heavy atom. The van der Waals surface area contributed by atoms with Crippen molar-refractivity contribution in [2.45, 2.75) is 16.1 Å². The quantitative estimate of drug-likeness (QED) is 0.704. The number of rotatable bonds is 4. The molecular weight excluding hydrogens is 411 g/mol. The molecule has 2 heterocycles. The fraction of sp³-hybridized carbons (Fsp3) is 0.143. The van der Waals surface area contributed by atoms with Crippen LogP contribution in [0.2, 0.25) is 0 Å². The van der Waals surface area contributed by atoms with E-state index >= 15 is 0 Å². The van der Waals surface area contributed by atoms with E-state index in [0.29, 0.717) is 29.4 Å². The van der Waals surface area contributed by atoms with E-state index in [2.05, 4.69) is 9.35 Å². The summed E-state index contributed by atoms with van der Waals surface area (Å²) in [6.07, 6.45) is -2.42. The maximum atomic E-state index is 12.5. The number of hydrogen-bond acceptors (Lipinski definition) is 7. The molecule has 2 aromatic rings. The Bertz CT molecular complexity index is 1090. The molecule has 0 amide bonds. The monoisotopic (exact) mass is 421 g/mol. The van der Waals surface area contributed by atoms with Crippen molar-refractivity contribution in [3.63, 3.8) is 0 Å². The number of hydrogen-bond donors (Lipinski definition) is 0. The van der Waals surface area contributed by atoms with Crippen molar-refractivity contribution in [3.05, 3.63) is 51.8 Å². The standard InChI is InChI=1S/C14H10F3N3O3S3/c1-25(21,11-4-5-24-9-11)20-8-12(6-18)26(22,23)13-3-2-10(7-19-13)14(15,16)17/h2-5,7-9H,1H3/b12-8+. The summed E-state index contributed by atoms with van der Waals surface area (Å²) in [5.41, 5.74) is -1.13. The molecule has 138 valence electrons. The first-order valence-corrected chi connectivity index (χ1v) is 11.0. The number of nitriles is 1. The van der Waals surface area contributed by atoms with Gasteiger partial charge in [-0.25, -0.2) is 22.0 Å². The Morgan fingerprint density at radius 2 is 2.00 bits per heavy atom. The minimum atomic E-state index is -4.67. The van der Waals surface area contributed by atoms with E-state index in [1.54, 1.807) is 16.8 Å². The number of pyridine rings is 1. The largest absolute Gasteiger partial charge is 0.417 e. The molecule has 1 atom stereocenters. The maximum Gasteiger partial charge on any atom is 0.417 e. The fourth-order valence-electron chi connectivity index (χ4n) is 1.65. The lowest BCUT2D eigenvalue weighted by Crippen LogP contribution is -2.09. The van der Waals surface area contributed by atoms with E-state index in [4.69, 9.17) is 5.26 Å². The molecule has 0 spiro atoms. The molecule has 0 saturated carbocycles. The zero-order valence-corrected chi connectivity index (χ0v) is 15.4. The number of aromatic nitrogens is 1. The summed E-state index contributed by atoms with van der Waals surface area (Å²) >= 11 is 1.27. The highest BCUT2D eigenvalue weighted by atomic mass is 32.2. The second-order valence-corrected chi connectivity index (χ2v) is 9.79.